The van der Waals surface area contributed by atoms with Crippen molar-refractivity contribution in [3.8, 4) is 22.8 Å². The molecule has 0 atom stereocenters. The lowest BCUT2D eigenvalue weighted by Crippen LogP contribution is -2.44. The van der Waals surface area contributed by atoms with Gasteiger partial charge < -0.3 is 14.5 Å². The number of nitrogens with one attached hydrogen (secondary N) is 2. The standard InChI is InChI=1S/C32H41N5O6S/c1-5-15-36-27-20-26(33-30(27)31(38)37(16-6-2)32(36)39)23-8-10-25(11-9-23)44(40,41)34-24-13-17-35(18-14-24)21-22-7-12-28(42-3)29(19-22)43-4/h7-12,19-20,24,33-34H,5-6,13-18,21H2,1-4H3. The zero-order valence-corrected chi connectivity index (χ0v) is 26.6. The van der Waals surface area contributed by atoms with Gasteiger partial charge in [0.15, 0.2) is 11.5 Å². The van der Waals surface area contributed by atoms with Crippen molar-refractivity contribution in [2.75, 3.05) is 27.3 Å². The van der Waals surface area contributed by atoms with Crippen LogP contribution in [0.1, 0.15) is 45.1 Å². The number of ether oxygens (including phenoxy) is 2. The van der Waals surface area contributed by atoms with Crippen molar-refractivity contribution in [3.05, 3.63) is 74.9 Å². The molecular formula is C32H41N5O6S. The Morgan fingerprint density at radius 3 is 2.18 bits per heavy atom. The highest BCUT2D eigenvalue weighted by atomic mass is 32.2. The number of benzene rings is 2. The molecule has 1 aliphatic rings. The highest BCUT2D eigenvalue weighted by Gasteiger charge is 2.25. The average Bonchev–Trinajstić information content (AvgIpc) is 3.48. The quantitative estimate of drug-likeness (QED) is 0.245. The van der Waals surface area contributed by atoms with Crippen molar-refractivity contribution in [1.82, 2.24) is 23.7 Å². The molecular weight excluding hydrogens is 582 g/mol. The Hall–Kier alpha value is -3.87. The Bertz CT molecular complexity index is 1830. The van der Waals surface area contributed by atoms with Crippen LogP contribution in [0.4, 0.5) is 0 Å². The molecule has 11 nitrogen and oxygen atoms in total. The predicted octanol–water partition coefficient (Wildman–Crippen LogP) is 3.94. The zero-order valence-electron chi connectivity index (χ0n) is 25.8. The number of sulfonamides is 1. The Morgan fingerprint density at radius 1 is 0.886 bits per heavy atom. The number of aromatic amines is 1. The molecule has 1 saturated heterocycles. The van der Waals surface area contributed by atoms with Crippen LogP contribution in [0.15, 0.2) is 63.0 Å². The third kappa shape index (κ3) is 6.47. The molecule has 5 rings (SSSR count). The number of hydrogen-bond acceptors (Lipinski definition) is 7. The molecule has 2 aromatic carbocycles. The Morgan fingerprint density at radius 2 is 1.55 bits per heavy atom. The maximum Gasteiger partial charge on any atom is 0.331 e. The molecule has 1 aliphatic heterocycles. The first kappa shape index (κ1) is 31.6. The van der Waals surface area contributed by atoms with Crippen LogP contribution in [0.2, 0.25) is 0 Å². The monoisotopic (exact) mass is 623 g/mol. The highest BCUT2D eigenvalue weighted by molar-refractivity contribution is 7.89. The summed E-state index contributed by atoms with van der Waals surface area (Å²) in [6.45, 7) is 7.04. The fraction of sp³-hybridized carbons (Fsp3) is 0.438. The van der Waals surface area contributed by atoms with Crippen LogP contribution < -0.4 is 25.4 Å². The smallest absolute Gasteiger partial charge is 0.331 e. The number of methoxy groups -OCH3 is 2. The lowest BCUT2D eigenvalue weighted by Gasteiger charge is -2.32. The Balaban J connectivity index is 1.26. The maximum atomic E-state index is 13.2. The van der Waals surface area contributed by atoms with Gasteiger partial charge in [-0.05, 0) is 67.1 Å². The molecule has 0 radical (unpaired) electrons. The topological polar surface area (TPSA) is 128 Å². The molecule has 2 aromatic heterocycles. The van der Waals surface area contributed by atoms with E-state index in [-0.39, 0.29) is 22.2 Å². The molecule has 12 heteroatoms. The fourth-order valence-corrected chi connectivity index (χ4v) is 7.16. The first-order valence-corrected chi connectivity index (χ1v) is 16.6. The summed E-state index contributed by atoms with van der Waals surface area (Å²) < 4.78 is 43.0. The molecule has 44 heavy (non-hydrogen) atoms. The van der Waals surface area contributed by atoms with Crippen molar-refractivity contribution in [1.29, 1.82) is 0 Å². The van der Waals surface area contributed by atoms with Crippen LogP contribution >= 0.6 is 0 Å². The first-order valence-electron chi connectivity index (χ1n) is 15.1. The molecule has 236 valence electrons. The van der Waals surface area contributed by atoms with E-state index in [0.717, 1.165) is 37.2 Å². The third-order valence-electron chi connectivity index (χ3n) is 8.14. The van der Waals surface area contributed by atoms with E-state index in [1.165, 1.54) is 4.57 Å². The van der Waals surface area contributed by atoms with Crippen LogP contribution in [0.25, 0.3) is 22.3 Å². The third-order valence-corrected chi connectivity index (χ3v) is 9.68. The predicted molar refractivity (Wildman–Crippen MR) is 171 cm³/mol. The molecule has 0 saturated carbocycles. The summed E-state index contributed by atoms with van der Waals surface area (Å²) >= 11 is 0. The van der Waals surface area contributed by atoms with Crippen LogP contribution in [-0.4, -0.2) is 60.8 Å². The summed E-state index contributed by atoms with van der Waals surface area (Å²) in [7, 11) is -0.493. The lowest BCUT2D eigenvalue weighted by atomic mass is 10.1. The summed E-state index contributed by atoms with van der Waals surface area (Å²) in [5, 5.41) is 0. The molecule has 0 aliphatic carbocycles. The van der Waals surface area contributed by atoms with Gasteiger partial charge in [-0.1, -0.05) is 32.0 Å². The SMILES string of the molecule is CCCn1c(=O)c2[nH]c(-c3ccc(S(=O)(=O)NC4CCN(Cc5ccc(OC)c(OC)c5)CC4)cc3)cc2n(CCC)c1=O. The Labute approximate surface area is 257 Å². The highest BCUT2D eigenvalue weighted by Crippen LogP contribution is 2.29. The van der Waals surface area contributed by atoms with Gasteiger partial charge in [0, 0.05) is 44.5 Å². The van der Waals surface area contributed by atoms with Crippen LogP contribution in [0.5, 0.6) is 11.5 Å². The van der Waals surface area contributed by atoms with Gasteiger partial charge in [0.25, 0.3) is 5.56 Å². The summed E-state index contributed by atoms with van der Waals surface area (Å²) in [4.78, 5) is 31.8. The number of aromatic nitrogens is 3. The second kappa shape index (κ2) is 13.4. The zero-order chi connectivity index (χ0) is 31.4. The molecule has 3 heterocycles. The average molecular weight is 624 g/mol. The molecule has 0 bridgehead atoms. The molecule has 0 amide bonds. The van der Waals surface area contributed by atoms with Gasteiger partial charge in [-0.15, -0.1) is 0 Å². The van der Waals surface area contributed by atoms with Gasteiger partial charge >= 0.3 is 5.69 Å². The summed E-state index contributed by atoms with van der Waals surface area (Å²) in [6.07, 6.45) is 2.82. The second-order valence-corrected chi connectivity index (χ2v) is 12.9. The van der Waals surface area contributed by atoms with Gasteiger partial charge in [-0.2, -0.15) is 0 Å². The minimum absolute atomic E-state index is 0.157. The van der Waals surface area contributed by atoms with E-state index in [1.54, 1.807) is 49.1 Å². The van der Waals surface area contributed by atoms with Crippen molar-refractivity contribution in [2.45, 2.75) is 70.1 Å². The van der Waals surface area contributed by atoms with Crippen LogP contribution in [0, 0.1) is 0 Å². The fourth-order valence-electron chi connectivity index (χ4n) is 5.85. The summed E-state index contributed by atoms with van der Waals surface area (Å²) in [6, 6.07) is 14.1. The second-order valence-electron chi connectivity index (χ2n) is 11.2. The van der Waals surface area contributed by atoms with Crippen LogP contribution in [-0.2, 0) is 29.7 Å². The van der Waals surface area contributed by atoms with Crippen molar-refractivity contribution in [2.24, 2.45) is 0 Å². The van der Waals surface area contributed by atoms with E-state index in [4.69, 9.17) is 9.47 Å². The number of rotatable bonds is 12. The molecule has 4 aromatic rings. The normalized spacial score (nSPS) is 14.7. The lowest BCUT2D eigenvalue weighted by molar-refractivity contribution is 0.199. The van der Waals surface area contributed by atoms with Gasteiger partial charge in [-0.25, -0.2) is 17.9 Å². The minimum atomic E-state index is -3.72. The van der Waals surface area contributed by atoms with E-state index in [9.17, 15) is 18.0 Å². The van der Waals surface area contributed by atoms with Crippen molar-refractivity contribution < 1.29 is 17.9 Å². The minimum Gasteiger partial charge on any atom is -0.493 e. The van der Waals surface area contributed by atoms with Crippen molar-refractivity contribution in [3.63, 3.8) is 0 Å². The molecule has 1 fully saturated rings. The largest absolute Gasteiger partial charge is 0.493 e. The number of likely N-dealkylation sites (tertiary alicyclic amines) is 1. The number of fused-ring (bicyclic) bond motifs is 1. The number of hydrogen-bond donors (Lipinski definition) is 2. The molecule has 0 spiro atoms. The number of nitrogens with zero attached hydrogens (tertiary/aromatic N) is 3. The van der Waals surface area contributed by atoms with E-state index in [1.807, 2.05) is 32.0 Å². The summed E-state index contributed by atoms with van der Waals surface area (Å²) in [5.41, 5.74) is 2.75. The van der Waals surface area contributed by atoms with E-state index >= 15 is 0 Å². The maximum absolute atomic E-state index is 13.2. The van der Waals surface area contributed by atoms with Crippen LogP contribution in [0.3, 0.4) is 0 Å². The van der Waals surface area contributed by atoms with E-state index in [2.05, 4.69) is 14.6 Å². The Kier molecular flexibility index (Phi) is 9.62. The number of aryl methyl sites for hydroxylation is 1. The van der Waals surface area contributed by atoms with Gasteiger partial charge in [0.05, 0.1) is 24.6 Å². The van der Waals surface area contributed by atoms with Gasteiger partial charge in [0.1, 0.15) is 5.52 Å². The van der Waals surface area contributed by atoms with Gasteiger partial charge in [0.2, 0.25) is 10.0 Å². The molecule has 0 unspecified atom stereocenters. The first-order chi connectivity index (χ1) is 21.2. The number of H-pyrrole nitrogens is 1. The van der Waals surface area contributed by atoms with Gasteiger partial charge in [-0.3, -0.25) is 18.8 Å². The van der Waals surface area contributed by atoms with E-state index in [0.29, 0.717) is 60.6 Å². The number of piperidine rings is 1. The van der Waals surface area contributed by atoms with Crippen molar-refractivity contribution >= 4 is 21.1 Å². The molecule has 2 N–H and O–H groups in total. The van der Waals surface area contributed by atoms with E-state index < -0.39 is 10.0 Å². The summed E-state index contributed by atoms with van der Waals surface area (Å²) in [5.74, 6) is 1.38.